The second-order valence-electron chi connectivity index (χ2n) is 5.42. The lowest BCUT2D eigenvalue weighted by atomic mass is 9.93. The Bertz CT molecular complexity index is 672. The minimum Gasteiger partial charge on any atom is -0.493 e. The number of rotatable bonds is 5. The summed E-state index contributed by atoms with van der Waals surface area (Å²) in [4.78, 5) is 11.9. The highest BCUT2D eigenvalue weighted by Gasteiger charge is 2.21. The summed E-state index contributed by atoms with van der Waals surface area (Å²) >= 11 is 0. The Hall–Kier alpha value is -2.56. The third-order valence-electron chi connectivity index (χ3n) is 3.81. The topological polar surface area (TPSA) is 47.6 Å². The quantitative estimate of drug-likeness (QED) is 0.923. The largest absolute Gasteiger partial charge is 0.493 e. The van der Waals surface area contributed by atoms with Gasteiger partial charge in [-0.1, -0.05) is 18.2 Å². The van der Waals surface area contributed by atoms with Crippen LogP contribution >= 0.6 is 0 Å². The van der Waals surface area contributed by atoms with Gasteiger partial charge in [-0.3, -0.25) is 4.79 Å². The summed E-state index contributed by atoms with van der Waals surface area (Å²) in [5, 5.41) is 2.88. The third kappa shape index (κ3) is 4.00. The Balaban J connectivity index is 1.49. The van der Waals surface area contributed by atoms with Crippen molar-refractivity contribution in [3.8, 4) is 11.5 Å². The summed E-state index contributed by atoms with van der Waals surface area (Å²) in [6.07, 6.45) is 0.871. The fraction of sp³-hybridized carbons (Fsp3) is 0.278. The van der Waals surface area contributed by atoms with E-state index in [-0.39, 0.29) is 24.2 Å². The van der Waals surface area contributed by atoms with Gasteiger partial charge in [0, 0.05) is 12.5 Å². The number of hydrogen-bond acceptors (Lipinski definition) is 3. The highest BCUT2D eigenvalue weighted by atomic mass is 19.1. The van der Waals surface area contributed by atoms with Gasteiger partial charge < -0.3 is 14.8 Å². The maximum absolute atomic E-state index is 12.8. The lowest BCUT2D eigenvalue weighted by molar-refractivity contribution is -0.123. The first kappa shape index (κ1) is 15.3. The van der Waals surface area contributed by atoms with E-state index in [1.165, 1.54) is 24.3 Å². The summed E-state index contributed by atoms with van der Waals surface area (Å²) in [6.45, 7) is 1.12. The maximum Gasteiger partial charge on any atom is 0.257 e. The van der Waals surface area contributed by atoms with Crippen LogP contribution in [-0.4, -0.2) is 25.7 Å². The van der Waals surface area contributed by atoms with Gasteiger partial charge in [0.25, 0.3) is 5.91 Å². The number of nitrogens with one attached hydrogen (secondary N) is 1. The third-order valence-corrected chi connectivity index (χ3v) is 3.81. The molecule has 3 rings (SSSR count). The van der Waals surface area contributed by atoms with Gasteiger partial charge in [-0.05, 0) is 42.3 Å². The van der Waals surface area contributed by atoms with E-state index >= 15 is 0 Å². The summed E-state index contributed by atoms with van der Waals surface area (Å²) < 4.78 is 23.7. The molecule has 0 aromatic heterocycles. The highest BCUT2D eigenvalue weighted by Crippen LogP contribution is 2.32. The van der Waals surface area contributed by atoms with E-state index in [1.807, 2.05) is 24.3 Å². The lowest BCUT2D eigenvalue weighted by Crippen LogP contribution is -2.34. The summed E-state index contributed by atoms with van der Waals surface area (Å²) in [6, 6.07) is 13.5. The minimum absolute atomic E-state index is 0.0868. The van der Waals surface area contributed by atoms with Crippen LogP contribution in [0, 0.1) is 5.82 Å². The molecule has 0 bridgehead atoms. The first-order valence-electron chi connectivity index (χ1n) is 7.59. The normalized spacial score (nSPS) is 16.1. The molecule has 1 unspecified atom stereocenters. The SMILES string of the molecule is O=C(COc1ccc(F)cc1)NCC1CCOc2ccccc21. The average molecular weight is 315 g/mol. The molecule has 1 aliphatic heterocycles. The predicted molar refractivity (Wildman–Crippen MR) is 84.2 cm³/mol. The van der Waals surface area contributed by atoms with Crippen molar-refractivity contribution in [2.75, 3.05) is 19.8 Å². The molecule has 0 radical (unpaired) electrons. The number of ether oxygens (including phenoxy) is 2. The van der Waals surface area contributed by atoms with Gasteiger partial charge in [0.05, 0.1) is 6.61 Å². The molecular formula is C18H18FNO3. The second kappa shape index (κ2) is 7.13. The molecule has 4 nitrogen and oxygen atoms in total. The van der Waals surface area contributed by atoms with Gasteiger partial charge in [-0.15, -0.1) is 0 Å². The van der Waals surface area contributed by atoms with Crippen molar-refractivity contribution in [1.29, 1.82) is 0 Å². The molecule has 23 heavy (non-hydrogen) atoms. The summed E-state index contributed by atoms with van der Waals surface area (Å²) in [5.41, 5.74) is 1.12. The fourth-order valence-corrected chi connectivity index (χ4v) is 2.60. The van der Waals surface area contributed by atoms with E-state index < -0.39 is 0 Å². The van der Waals surface area contributed by atoms with Crippen LogP contribution in [-0.2, 0) is 4.79 Å². The molecular weight excluding hydrogens is 297 g/mol. The van der Waals surface area contributed by atoms with E-state index in [1.54, 1.807) is 0 Å². The number of amides is 1. The molecule has 1 atom stereocenters. The van der Waals surface area contributed by atoms with Crippen LogP contribution in [0.15, 0.2) is 48.5 Å². The number of carbonyl (C=O) groups excluding carboxylic acids is 1. The number of para-hydroxylation sites is 1. The van der Waals surface area contributed by atoms with Crippen LogP contribution in [0.5, 0.6) is 11.5 Å². The molecule has 120 valence electrons. The first-order chi connectivity index (χ1) is 11.2. The van der Waals surface area contributed by atoms with Gasteiger partial charge in [0.2, 0.25) is 0 Å². The van der Waals surface area contributed by atoms with Gasteiger partial charge >= 0.3 is 0 Å². The minimum atomic E-state index is -0.333. The van der Waals surface area contributed by atoms with Crippen LogP contribution in [0.1, 0.15) is 17.9 Å². The molecule has 0 spiro atoms. The maximum atomic E-state index is 12.8. The lowest BCUT2D eigenvalue weighted by Gasteiger charge is -2.26. The molecule has 0 fully saturated rings. The van der Waals surface area contributed by atoms with Gasteiger partial charge in [-0.2, -0.15) is 0 Å². The zero-order valence-corrected chi connectivity index (χ0v) is 12.6. The zero-order chi connectivity index (χ0) is 16.1. The summed E-state index contributed by atoms with van der Waals surface area (Å²) in [5.74, 6) is 1.08. The Morgan fingerprint density at radius 3 is 2.83 bits per heavy atom. The van der Waals surface area contributed by atoms with E-state index in [0.29, 0.717) is 18.9 Å². The number of halogens is 1. The van der Waals surface area contributed by atoms with Gasteiger partial charge in [-0.25, -0.2) is 4.39 Å². The van der Waals surface area contributed by atoms with Crippen molar-refractivity contribution in [2.24, 2.45) is 0 Å². The fourth-order valence-electron chi connectivity index (χ4n) is 2.60. The highest BCUT2D eigenvalue weighted by molar-refractivity contribution is 5.77. The molecule has 2 aromatic rings. The van der Waals surface area contributed by atoms with Crippen LogP contribution in [0.2, 0.25) is 0 Å². The molecule has 1 aliphatic rings. The van der Waals surface area contributed by atoms with Crippen LogP contribution < -0.4 is 14.8 Å². The number of benzene rings is 2. The smallest absolute Gasteiger partial charge is 0.257 e. The van der Waals surface area contributed by atoms with Gasteiger partial charge in [0.15, 0.2) is 6.61 Å². The Labute approximate surface area is 134 Å². The first-order valence-corrected chi connectivity index (χ1v) is 7.59. The molecule has 1 amide bonds. The Morgan fingerprint density at radius 1 is 1.22 bits per heavy atom. The number of carbonyl (C=O) groups is 1. The molecule has 0 saturated heterocycles. The Morgan fingerprint density at radius 2 is 2.00 bits per heavy atom. The molecule has 1 N–H and O–H groups in total. The van der Waals surface area contributed by atoms with Crippen LogP contribution in [0.25, 0.3) is 0 Å². The summed E-state index contributed by atoms with van der Waals surface area (Å²) in [7, 11) is 0. The molecule has 5 heteroatoms. The number of fused-ring (bicyclic) bond motifs is 1. The monoisotopic (exact) mass is 315 g/mol. The van der Waals surface area contributed by atoms with Crippen LogP contribution in [0.3, 0.4) is 0 Å². The second-order valence-corrected chi connectivity index (χ2v) is 5.42. The molecule has 2 aromatic carbocycles. The van der Waals surface area contributed by atoms with E-state index in [9.17, 15) is 9.18 Å². The van der Waals surface area contributed by atoms with Crippen molar-refractivity contribution >= 4 is 5.91 Å². The van der Waals surface area contributed by atoms with Crippen molar-refractivity contribution in [3.63, 3.8) is 0 Å². The van der Waals surface area contributed by atoms with Crippen molar-refractivity contribution < 1.29 is 18.7 Å². The van der Waals surface area contributed by atoms with Gasteiger partial charge in [0.1, 0.15) is 17.3 Å². The molecule has 0 saturated carbocycles. The van der Waals surface area contributed by atoms with Crippen molar-refractivity contribution in [1.82, 2.24) is 5.32 Å². The average Bonchev–Trinajstić information content (AvgIpc) is 2.59. The van der Waals surface area contributed by atoms with Crippen molar-refractivity contribution in [3.05, 3.63) is 59.9 Å². The standard InChI is InChI=1S/C18H18FNO3/c19-14-5-7-15(8-6-14)23-12-18(21)20-11-13-9-10-22-17-4-2-1-3-16(13)17/h1-8,13H,9-12H2,(H,20,21). The predicted octanol–water partition coefficient (Wildman–Crippen LogP) is 2.89. The molecule has 1 heterocycles. The van der Waals surface area contributed by atoms with Crippen LogP contribution in [0.4, 0.5) is 4.39 Å². The Kier molecular flexibility index (Phi) is 4.76. The zero-order valence-electron chi connectivity index (χ0n) is 12.6. The van der Waals surface area contributed by atoms with Crippen molar-refractivity contribution in [2.45, 2.75) is 12.3 Å². The van der Waals surface area contributed by atoms with E-state index in [0.717, 1.165) is 17.7 Å². The number of hydrogen-bond donors (Lipinski definition) is 1. The van der Waals surface area contributed by atoms with E-state index in [2.05, 4.69) is 5.32 Å². The van der Waals surface area contributed by atoms with E-state index in [4.69, 9.17) is 9.47 Å². The molecule has 0 aliphatic carbocycles.